The molecule has 1 atom stereocenters. The van der Waals surface area contributed by atoms with E-state index in [4.69, 9.17) is 4.74 Å². The minimum atomic E-state index is -0.518. The highest BCUT2D eigenvalue weighted by Gasteiger charge is 2.21. The van der Waals surface area contributed by atoms with Crippen molar-refractivity contribution in [3.05, 3.63) is 51.2 Å². The van der Waals surface area contributed by atoms with Crippen molar-refractivity contribution in [2.45, 2.75) is 33.1 Å². The average Bonchev–Trinajstić information content (AvgIpc) is 3.14. The Morgan fingerprint density at radius 3 is 2.76 bits per heavy atom. The van der Waals surface area contributed by atoms with Crippen molar-refractivity contribution in [1.82, 2.24) is 16.2 Å². The summed E-state index contributed by atoms with van der Waals surface area (Å²) in [4.78, 5) is 38.4. The number of rotatable bonds is 6. The molecule has 0 saturated carbocycles. The molecule has 1 aliphatic rings. The number of thiophene rings is 1. The van der Waals surface area contributed by atoms with Crippen LogP contribution in [0, 0.1) is 5.92 Å². The van der Waals surface area contributed by atoms with Crippen LogP contribution in [0.25, 0.3) is 0 Å². The van der Waals surface area contributed by atoms with Gasteiger partial charge in [0.25, 0.3) is 17.7 Å². The largest absolute Gasteiger partial charge is 0.493 e. The van der Waals surface area contributed by atoms with Gasteiger partial charge in [0, 0.05) is 4.88 Å². The lowest BCUT2D eigenvalue weighted by Gasteiger charge is -2.16. The predicted molar refractivity (Wildman–Crippen MR) is 111 cm³/mol. The molecule has 0 spiro atoms. The van der Waals surface area contributed by atoms with Gasteiger partial charge in [-0.05, 0) is 55.9 Å². The van der Waals surface area contributed by atoms with Crippen LogP contribution in [0.15, 0.2) is 30.3 Å². The van der Waals surface area contributed by atoms with Gasteiger partial charge >= 0.3 is 0 Å². The minimum Gasteiger partial charge on any atom is -0.493 e. The molecule has 7 nitrogen and oxygen atoms in total. The molecular weight excluding hydrogens is 390 g/mol. The van der Waals surface area contributed by atoms with E-state index in [1.165, 1.54) is 21.8 Å². The van der Waals surface area contributed by atoms with Crippen molar-refractivity contribution < 1.29 is 19.1 Å². The third-order valence-corrected chi connectivity index (χ3v) is 5.95. The number of amides is 3. The molecule has 0 fully saturated rings. The first-order valence-corrected chi connectivity index (χ1v) is 10.5. The lowest BCUT2D eigenvalue weighted by Crippen LogP contribution is -2.46. The van der Waals surface area contributed by atoms with Crippen molar-refractivity contribution in [2.75, 3.05) is 13.2 Å². The SMILES string of the molecule is CCOc1ccccc1C(=O)NCC(=O)NNC(=O)c1cc2c(s1)CC[C@H](C)C2. The van der Waals surface area contributed by atoms with E-state index >= 15 is 0 Å². The number of ether oxygens (including phenoxy) is 1. The van der Waals surface area contributed by atoms with Crippen LogP contribution in [0.3, 0.4) is 0 Å². The zero-order chi connectivity index (χ0) is 20.8. The number of carbonyl (C=O) groups is 3. The van der Waals surface area contributed by atoms with Crippen LogP contribution >= 0.6 is 11.3 Å². The zero-order valence-corrected chi connectivity index (χ0v) is 17.4. The van der Waals surface area contributed by atoms with E-state index in [0.29, 0.717) is 28.7 Å². The molecule has 1 aliphatic carbocycles. The summed E-state index contributed by atoms with van der Waals surface area (Å²) >= 11 is 1.47. The smallest absolute Gasteiger partial charge is 0.279 e. The number of hydrazine groups is 1. The van der Waals surface area contributed by atoms with Crippen molar-refractivity contribution >= 4 is 29.1 Å². The fourth-order valence-corrected chi connectivity index (χ4v) is 4.34. The van der Waals surface area contributed by atoms with E-state index in [-0.39, 0.29) is 12.5 Å². The van der Waals surface area contributed by atoms with Crippen molar-refractivity contribution in [3.8, 4) is 5.75 Å². The van der Waals surface area contributed by atoms with Gasteiger partial charge < -0.3 is 10.1 Å². The number of fused-ring (bicyclic) bond motifs is 1. The fourth-order valence-electron chi connectivity index (χ4n) is 3.24. The van der Waals surface area contributed by atoms with Gasteiger partial charge in [0.2, 0.25) is 0 Å². The van der Waals surface area contributed by atoms with Gasteiger partial charge in [-0.1, -0.05) is 19.1 Å². The summed E-state index contributed by atoms with van der Waals surface area (Å²) in [5.41, 5.74) is 6.33. The molecule has 154 valence electrons. The van der Waals surface area contributed by atoms with Crippen LogP contribution in [0.1, 0.15) is 50.7 Å². The molecule has 0 saturated heterocycles. The lowest BCUT2D eigenvalue weighted by atomic mass is 9.90. The molecule has 0 unspecified atom stereocenters. The predicted octanol–water partition coefficient (Wildman–Crippen LogP) is 2.46. The van der Waals surface area contributed by atoms with Crippen molar-refractivity contribution in [2.24, 2.45) is 5.92 Å². The number of carbonyl (C=O) groups excluding carboxylic acids is 3. The summed E-state index contributed by atoms with van der Waals surface area (Å²) in [6.45, 7) is 4.21. The molecular formula is C21H25N3O4S. The average molecular weight is 416 g/mol. The molecule has 3 amide bonds. The zero-order valence-electron chi connectivity index (χ0n) is 16.5. The van der Waals surface area contributed by atoms with Gasteiger partial charge in [-0.2, -0.15) is 0 Å². The number of aryl methyl sites for hydroxylation is 1. The Labute approximate surface area is 173 Å². The first-order chi connectivity index (χ1) is 14.0. The van der Waals surface area contributed by atoms with E-state index in [1.807, 2.05) is 13.0 Å². The van der Waals surface area contributed by atoms with E-state index in [1.54, 1.807) is 24.3 Å². The first-order valence-electron chi connectivity index (χ1n) is 9.68. The minimum absolute atomic E-state index is 0.266. The van der Waals surface area contributed by atoms with E-state index in [2.05, 4.69) is 23.1 Å². The topological polar surface area (TPSA) is 96.5 Å². The van der Waals surface area contributed by atoms with Gasteiger partial charge in [-0.15, -0.1) is 11.3 Å². The van der Waals surface area contributed by atoms with Crippen LogP contribution in [0.4, 0.5) is 0 Å². The summed E-state index contributed by atoms with van der Waals surface area (Å²) in [6.07, 6.45) is 3.12. The summed E-state index contributed by atoms with van der Waals surface area (Å²) in [6, 6.07) is 8.72. The Kier molecular flexibility index (Phi) is 6.87. The highest BCUT2D eigenvalue weighted by atomic mass is 32.1. The molecule has 1 aromatic carbocycles. The second-order valence-electron chi connectivity index (χ2n) is 7.02. The fraction of sp³-hybridized carbons (Fsp3) is 0.381. The Morgan fingerprint density at radius 1 is 1.17 bits per heavy atom. The maximum absolute atomic E-state index is 12.3. The molecule has 3 rings (SSSR count). The molecule has 0 bridgehead atoms. The maximum Gasteiger partial charge on any atom is 0.279 e. The molecule has 2 aromatic rings. The molecule has 29 heavy (non-hydrogen) atoms. The molecule has 8 heteroatoms. The number of nitrogens with one attached hydrogen (secondary N) is 3. The summed E-state index contributed by atoms with van der Waals surface area (Å²) in [5.74, 6) is -0.203. The Bertz CT molecular complexity index is 909. The molecule has 0 aliphatic heterocycles. The number of para-hydroxylation sites is 1. The highest BCUT2D eigenvalue weighted by Crippen LogP contribution is 2.32. The highest BCUT2D eigenvalue weighted by molar-refractivity contribution is 7.14. The first kappa shape index (κ1) is 20.9. The van der Waals surface area contributed by atoms with Gasteiger partial charge in [0.1, 0.15) is 5.75 Å². The normalized spacial score (nSPS) is 15.2. The van der Waals surface area contributed by atoms with Crippen molar-refractivity contribution in [3.63, 3.8) is 0 Å². The molecule has 1 heterocycles. The third kappa shape index (κ3) is 5.35. The van der Waals surface area contributed by atoms with Crippen LogP contribution in [-0.4, -0.2) is 30.9 Å². The van der Waals surface area contributed by atoms with Crippen molar-refractivity contribution in [1.29, 1.82) is 0 Å². The van der Waals surface area contributed by atoms with Gasteiger partial charge in [-0.25, -0.2) is 0 Å². The monoisotopic (exact) mass is 415 g/mol. The second kappa shape index (κ2) is 9.56. The summed E-state index contributed by atoms with van der Waals surface area (Å²) in [5, 5.41) is 2.53. The van der Waals surface area contributed by atoms with Gasteiger partial charge in [0.05, 0.1) is 23.6 Å². The number of benzene rings is 1. The van der Waals surface area contributed by atoms with E-state index in [9.17, 15) is 14.4 Å². The number of hydrogen-bond donors (Lipinski definition) is 3. The quantitative estimate of drug-likeness (QED) is 0.632. The van der Waals surface area contributed by atoms with Gasteiger partial charge in [-0.3, -0.25) is 25.2 Å². The van der Waals surface area contributed by atoms with Gasteiger partial charge in [0.15, 0.2) is 0 Å². The molecule has 3 N–H and O–H groups in total. The summed E-state index contributed by atoms with van der Waals surface area (Å²) < 4.78 is 5.42. The Morgan fingerprint density at radius 2 is 1.97 bits per heavy atom. The lowest BCUT2D eigenvalue weighted by molar-refractivity contribution is -0.120. The standard InChI is InChI=1S/C21H25N3O4S/c1-3-28-16-7-5-4-6-15(16)20(26)22-12-19(25)23-24-21(27)18-11-14-10-13(2)8-9-17(14)29-18/h4-7,11,13H,3,8-10,12H2,1-2H3,(H,22,26)(H,23,25)(H,24,27)/t13-/m0/s1. The van der Waals surface area contributed by atoms with E-state index < -0.39 is 11.8 Å². The summed E-state index contributed by atoms with van der Waals surface area (Å²) in [7, 11) is 0. The van der Waals surface area contributed by atoms with Crippen LogP contribution in [0.5, 0.6) is 5.75 Å². The Hall–Kier alpha value is -2.87. The van der Waals surface area contributed by atoms with E-state index in [0.717, 1.165) is 19.3 Å². The third-order valence-electron chi connectivity index (χ3n) is 4.71. The Balaban J connectivity index is 1.48. The second-order valence-corrected chi connectivity index (χ2v) is 8.16. The maximum atomic E-state index is 12.3. The van der Waals surface area contributed by atoms with Crippen LogP contribution < -0.4 is 20.9 Å². The molecule has 0 radical (unpaired) electrons. The van der Waals surface area contributed by atoms with Crippen LogP contribution in [-0.2, 0) is 17.6 Å². The van der Waals surface area contributed by atoms with Crippen LogP contribution in [0.2, 0.25) is 0 Å². The molecule has 1 aromatic heterocycles. The number of hydrogen-bond acceptors (Lipinski definition) is 5.